The fourth-order valence-corrected chi connectivity index (χ4v) is 8.26. The van der Waals surface area contributed by atoms with Gasteiger partial charge in [0.1, 0.15) is 4.21 Å². The molecule has 1 N–H and O–H groups in total. The quantitative estimate of drug-likeness (QED) is 0.658. The first-order chi connectivity index (χ1) is 15.3. The lowest BCUT2D eigenvalue weighted by Crippen LogP contribution is -2.51. The maximum atomic E-state index is 13.1. The number of piperidine rings is 2. The van der Waals surface area contributed by atoms with Gasteiger partial charge in [0.15, 0.2) is 0 Å². The summed E-state index contributed by atoms with van der Waals surface area (Å²) in [5.74, 6) is -0.406. The van der Waals surface area contributed by atoms with E-state index in [9.17, 15) is 21.6 Å². The monoisotopic (exact) mass is 497 g/mol. The van der Waals surface area contributed by atoms with E-state index in [4.69, 9.17) is 0 Å². The highest BCUT2D eigenvalue weighted by atomic mass is 32.2. The number of benzene rings is 1. The van der Waals surface area contributed by atoms with E-state index >= 15 is 0 Å². The van der Waals surface area contributed by atoms with E-state index in [-0.39, 0.29) is 29.3 Å². The van der Waals surface area contributed by atoms with E-state index in [1.807, 2.05) is 0 Å². The summed E-state index contributed by atoms with van der Waals surface area (Å²) in [6.07, 6.45) is 2.37. The first-order valence-corrected chi connectivity index (χ1v) is 14.5. The molecular weight excluding hydrogens is 470 g/mol. The minimum absolute atomic E-state index is 0.0413. The smallest absolute Gasteiger partial charge is 0.252 e. The summed E-state index contributed by atoms with van der Waals surface area (Å²) >= 11 is 1.18. The van der Waals surface area contributed by atoms with Gasteiger partial charge in [0.05, 0.1) is 10.8 Å². The third-order valence-corrected chi connectivity index (χ3v) is 10.8. The molecule has 0 radical (unpaired) electrons. The number of thiophene rings is 1. The second-order valence-electron chi connectivity index (χ2n) is 8.17. The van der Waals surface area contributed by atoms with Crippen LogP contribution in [0.15, 0.2) is 56.9 Å². The Kier molecular flexibility index (Phi) is 7.01. The van der Waals surface area contributed by atoms with Gasteiger partial charge in [0, 0.05) is 32.2 Å². The molecule has 2 aliphatic rings. The fraction of sp³-hybridized carbons (Fsp3) is 0.476. The van der Waals surface area contributed by atoms with Crippen LogP contribution in [0.2, 0.25) is 0 Å². The Morgan fingerprint density at radius 1 is 0.938 bits per heavy atom. The van der Waals surface area contributed by atoms with Gasteiger partial charge in [0.25, 0.3) is 10.0 Å². The molecule has 2 fully saturated rings. The lowest BCUT2D eigenvalue weighted by atomic mass is 9.96. The molecule has 2 saturated heterocycles. The fourth-order valence-electron chi connectivity index (χ4n) is 4.26. The summed E-state index contributed by atoms with van der Waals surface area (Å²) in [7, 11) is -7.16. The van der Waals surface area contributed by atoms with Gasteiger partial charge >= 0.3 is 0 Å². The van der Waals surface area contributed by atoms with Crippen LogP contribution in [0.5, 0.6) is 0 Å². The van der Waals surface area contributed by atoms with Crippen LogP contribution < -0.4 is 4.72 Å². The van der Waals surface area contributed by atoms with E-state index in [1.165, 1.54) is 15.6 Å². The number of likely N-dealkylation sites (tertiary alicyclic amines) is 1. The number of nitrogens with one attached hydrogen (secondary N) is 1. The Labute approximate surface area is 193 Å². The molecule has 174 valence electrons. The first kappa shape index (κ1) is 23.4. The third kappa shape index (κ3) is 5.07. The standard InChI is InChI=1S/C21H27N3O5S3/c25-21(17-6-4-12-24(16-17)32(28,29)20-9-5-15-30-20)23-13-10-18(11-14-23)22-31(26,27)19-7-2-1-3-8-19/h1-3,5,7-9,15,17-18,22H,4,6,10-14,16H2/t17-/m1/s1. The zero-order valence-corrected chi connectivity index (χ0v) is 20.0. The predicted molar refractivity (Wildman–Crippen MR) is 122 cm³/mol. The van der Waals surface area contributed by atoms with Crippen molar-refractivity contribution in [3.63, 3.8) is 0 Å². The van der Waals surface area contributed by atoms with Gasteiger partial charge in [-0.2, -0.15) is 4.31 Å². The Hall–Kier alpha value is -1.79. The van der Waals surface area contributed by atoms with Crippen LogP contribution in [0.1, 0.15) is 25.7 Å². The predicted octanol–water partition coefficient (Wildman–Crippen LogP) is 2.12. The molecular formula is C21H27N3O5S3. The molecule has 32 heavy (non-hydrogen) atoms. The summed E-state index contributed by atoms with van der Waals surface area (Å²) in [6, 6.07) is 11.3. The highest BCUT2D eigenvalue weighted by Gasteiger charge is 2.36. The van der Waals surface area contributed by atoms with Crippen molar-refractivity contribution in [2.75, 3.05) is 26.2 Å². The summed E-state index contributed by atoms with van der Waals surface area (Å²) in [6.45, 7) is 1.52. The molecule has 8 nitrogen and oxygen atoms in total. The summed E-state index contributed by atoms with van der Waals surface area (Å²) < 4.78 is 55.2. The molecule has 1 amide bonds. The minimum atomic E-state index is -3.59. The Balaban J connectivity index is 1.33. The number of rotatable bonds is 6. The molecule has 0 spiro atoms. The largest absolute Gasteiger partial charge is 0.342 e. The number of carbonyl (C=O) groups excluding carboxylic acids is 1. The van der Waals surface area contributed by atoms with Crippen LogP contribution in [0.25, 0.3) is 0 Å². The van der Waals surface area contributed by atoms with Gasteiger partial charge < -0.3 is 4.90 Å². The van der Waals surface area contributed by atoms with E-state index in [0.717, 1.165) is 0 Å². The Morgan fingerprint density at radius 3 is 2.31 bits per heavy atom. The van der Waals surface area contributed by atoms with Crippen LogP contribution in [0.3, 0.4) is 0 Å². The average Bonchev–Trinajstić information content (AvgIpc) is 3.36. The number of nitrogens with zero attached hydrogens (tertiary/aromatic N) is 2. The summed E-state index contributed by atoms with van der Waals surface area (Å²) in [4.78, 5) is 15.1. The maximum Gasteiger partial charge on any atom is 0.252 e. The molecule has 2 aliphatic heterocycles. The van der Waals surface area contributed by atoms with Crippen molar-refractivity contribution in [2.45, 2.75) is 40.8 Å². The molecule has 1 aromatic heterocycles. The molecule has 0 unspecified atom stereocenters. The summed E-state index contributed by atoms with van der Waals surface area (Å²) in [5, 5.41) is 1.73. The topological polar surface area (TPSA) is 104 Å². The van der Waals surface area contributed by atoms with Crippen molar-refractivity contribution in [1.29, 1.82) is 0 Å². The molecule has 3 heterocycles. The Bertz CT molecular complexity index is 1130. The number of hydrogen-bond acceptors (Lipinski definition) is 6. The summed E-state index contributed by atoms with van der Waals surface area (Å²) in [5.41, 5.74) is 0. The second kappa shape index (κ2) is 9.60. The zero-order valence-electron chi connectivity index (χ0n) is 17.6. The highest BCUT2D eigenvalue weighted by Crippen LogP contribution is 2.28. The zero-order chi connectivity index (χ0) is 22.8. The van der Waals surface area contributed by atoms with E-state index in [2.05, 4.69) is 4.72 Å². The van der Waals surface area contributed by atoms with Gasteiger partial charge in [0.2, 0.25) is 15.9 Å². The lowest BCUT2D eigenvalue weighted by molar-refractivity contribution is -0.137. The molecule has 1 aromatic carbocycles. The van der Waals surface area contributed by atoms with Gasteiger partial charge in [-0.1, -0.05) is 24.3 Å². The SMILES string of the molecule is O=C([C@@H]1CCCN(S(=O)(=O)c2cccs2)C1)N1CCC(NS(=O)(=O)c2ccccc2)CC1. The van der Waals surface area contributed by atoms with Crippen LogP contribution >= 0.6 is 11.3 Å². The van der Waals surface area contributed by atoms with E-state index in [1.54, 1.807) is 52.7 Å². The lowest BCUT2D eigenvalue weighted by Gasteiger charge is -2.37. The molecule has 2 aromatic rings. The second-order valence-corrected chi connectivity index (χ2v) is 13.0. The maximum absolute atomic E-state index is 13.1. The first-order valence-electron chi connectivity index (χ1n) is 10.7. The van der Waals surface area contributed by atoms with Crippen LogP contribution in [-0.2, 0) is 24.8 Å². The van der Waals surface area contributed by atoms with Gasteiger partial charge in [-0.3, -0.25) is 4.79 Å². The van der Waals surface area contributed by atoms with Gasteiger partial charge in [-0.25, -0.2) is 21.6 Å². The minimum Gasteiger partial charge on any atom is -0.342 e. The Morgan fingerprint density at radius 2 is 1.66 bits per heavy atom. The molecule has 1 atom stereocenters. The molecule has 11 heteroatoms. The third-order valence-electron chi connectivity index (χ3n) is 6.00. The van der Waals surface area contributed by atoms with Crippen molar-refractivity contribution >= 4 is 37.3 Å². The van der Waals surface area contributed by atoms with Crippen molar-refractivity contribution in [2.24, 2.45) is 5.92 Å². The van der Waals surface area contributed by atoms with E-state index in [0.29, 0.717) is 49.5 Å². The molecule has 4 rings (SSSR count). The highest BCUT2D eigenvalue weighted by molar-refractivity contribution is 7.91. The van der Waals surface area contributed by atoms with Crippen molar-refractivity contribution in [3.05, 3.63) is 47.8 Å². The number of sulfonamides is 2. The molecule has 0 saturated carbocycles. The number of carbonyl (C=O) groups is 1. The number of hydrogen-bond donors (Lipinski definition) is 1. The van der Waals surface area contributed by atoms with Gasteiger partial charge in [-0.15, -0.1) is 11.3 Å². The van der Waals surface area contributed by atoms with Crippen LogP contribution in [0.4, 0.5) is 0 Å². The molecule has 0 bridgehead atoms. The van der Waals surface area contributed by atoms with Gasteiger partial charge in [-0.05, 0) is 49.3 Å². The van der Waals surface area contributed by atoms with E-state index < -0.39 is 20.0 Å². The van der Waals surface area contributed by atoms with Crippen LogP contribution in [0, 0.1) is 5.92 Å². The average molecular weight is 498 g/mol. The van der Waals surface area contributed by atoms with Crippen molar-refractivity contribution < 1.29 is 21.6 Å². The van der Waals surface area contributed by atoms with Crippen molar-refractivity contribution in [3.8, 4) is 0 Å². The molecule has 0 aliphatic carbocycles. The van der Waals surface area contributed by atoms with Crippen molar-refractivity contribution in [1.82, 2.24) is 13.9 Å². The number of amides is 1. The van der Waals surface area contributed by atoms with Crippen LogP contribution in [-0.4, -0.2) is 64.2 Å². The normalized spacial score (nSPS) is 21.5.